The highest BCUT2D eigenvalue weighted by molar-refractivity contribution is 5.78. The van der Waals surface area contributed by atoms with Gasteiger partial charge in [0.15, 0.2) is 0 Å². The molecule has 0 aliphatic carbocycles. The van der Waals surface area contributed by atoms with Gasteiger partial charge in [0, 0.05) is 18.7 Å². The average molecular weight is 463 g/mol. The van der Waals surface area contributed by atoms with Gasteiger partial charge in [-0.25, -0.2) is 0 Å². The maximum absolute atomic E-state index is 12.7. The van der Waals surface area contributed by atoms with Crippen LogP contribution in [0.4, 0.5) is 0 Å². The van der Waals surface area contributed by atoms with E-state index in [1.165, 1.54) is 5.56 Å². The van der Waals surface area contributed by atoms with Gasteiger partial charge in [-0.1, -0.05) is 47.6 Å². The first-order chi connectivity index (χ1) is 16.6. The fourth-order valence-electron chi connectivity index (χ4n) is 4.28. The fraction of sp³-hybridized carbons (Fsp3) is 0.444. The van der Waals surface area contributed by atoms with E-state index < -0.39 is 0 Å². The number of ether oxygens (including phenoxy) is 1. The summed E-state index contributed by atoms with van der Waals surface area (Å²) in [5, 5.41) is 7.23. The summed E-state index contributed by atoms with van der Waals surface area (Å²) in [5.74, 6) is 2.22. The van der Waals surface area contributed by atoms with Crippen LogP contribution in [0, 0.1) is 5.92 Å². The van der Waals surface area contributed by atoms with E-state index in [0.29, 0.717) is 31.3 Å². The molecule has 34 heavy (non-hydrogen) atoms. The quantitative estimate of drug-likeness (QED) is 0.447. The average Bonchev–Trinajstić information content (AvgIpc) is 3.31. The summed E-state index contributed by atoms with van der Waals surface area (Å²) in [4.78, 5) is 19.5. The highest BCUT2D eigenvalue weighted by atomic mass is 16.5. The third kappa shape index (κ3) is 6.90. The van der Waals surface area contributed by atoms with Gasteiger partial charge in [-0.2, -0.15) is 4.98 Å². The number of hydrogen-bond donors (Lipinski definition) is 1. The monoisotopic (exact) mass is 462 g/mol. The Bertz CT molecular complexity index is 1030. The van der Waals surface area contributed by atoms with Gasteiger partial charge in [-0.3, -0.25) is 9.69 Å². The van der Waals surface area contributed by atoms with Crippen LogP contribution >= 0.6 is 0 Å². The van der Waals surface area contributed by atoms with Crippen molar-refractivity contribution in [1.82, 2.24) is 20.4 Å². The van der Waals surface area contributed by atoms with Crippen molar-refractivity contribution in [3.05, 3.63) is 66.1 Å². The lowest BCUT2D eigenvalue weighted by Gasteiger charge is -2.30. The van der Waals surface area contributed by atoms with E-state index in [4.69, 9.17) is 9.26 Å². The number of nitrogens with one attached hydrogen (secondary N) is 1. The molecule has 1 saturated heterocycles. The Morgan fingerprint density at radius 1 is 1.18 bits per heavy atom. The van der Waals surface area contributed by atoms with Gasteiger partial charge in [-0.05, 0) is 63.8 Å². The van der Waals surface area contributed by atoms with Gasteiger partial charge in [0.25, 0.3) is 0 Å². The zero-order chi connectivity index (χ0) is 23.8. The fourth-order valence-corrected chi connectivity index (χ4v) is 4.28. The second-order valence-electron chi connectivity index (χ2n) is 9.16. The molecule has 1 fully saturated rings. The smallest absolute Gasteiger partial charge is 0.241 e. The van der Waals surface area contributed by atoms with E-state index in [-0.39, 0.29) is 17.9 Å². The third-order valence-electron chi connectivity index (χ3n) is 5.97. The van der Waals surface area contributed by atoms with Crippen LogP contribution in [0.3, 0.4) is 0 Å². The lowest BCUT2D eigenvalue weighted by Crippen LogP contribution is -2.43. The second kappa shape index (κ2) is 11.8. The van der Waals surface area contributed by atoms with Crippen molar-refractivity contribution in [2.45, 2.75) is 52.2 Å². The van der Waals surface area contributed by atoms with Crippen LogP contribution < -0.4 is 10.1 Å². The molecule has 1 atom stereocenters. The van der Waals surface area contributed by atoms with Gasteiger partial charge in [0.1, 0.15) is 5.75 Å². The number of carbonyl (C=O) groups is 1. The van der Waals surface area contributed by atoms with Gasteiger partial charge in [0.05, 0.1) is 18.6 Å². The largest absolute Gasteiger partial charge is 0.491 e. The van der Waals surface area contributed by atoms with Gasteiger partial charge < -0.3 is 14.6 Å². The Kier molecular flexibility index (Phi) is 8.31. The van der Waals surface area contributed by atoms with Crippen LogP contribution in [0.15, 0.2) is 59.1 Å². The Morgan fingerprint density at radius 2 is 1.97 bits per heavy atom. The molecule has 1 N–H and O–H groups in total. The highest BCUT2D eigenvalue weighted by Crippen LogP contribution is 2.20. The Morgan fingerprint density at radius 3 is 2.74 bits per heavy atom. The molecule has 180 valence electrons. The molecule has 1 unspecified atom stereocenters. The molecule has 3 aromatic rings. The molecular weight excluding hydrogens is 428 g/mol. The third-order valence-corrected chi connectivity index (χ3v) is 5.97. The normalized spacial score (nSPS) is 16.5. The minimum absolute atomic E-state index is 0.00210. The van der Waals surface area contributed by atoms with Crippen molar-refractivity contribution in [1.29, 1.82) is 0 Å². The molecule has 0 radical (unpaired) electrons. The number of likely N-dealkylation sites (tertiary alicyclic amines) is 1. The zero-order valence-electron chi connectivity index (χ0n) is 20.1. The molecule has 0 bridgehead atoms. The predicted molar refractivity (Wildman–Crippen MR) is 131 cm³/mol. The maximum atomic E-state index is 12.7. The van der Waals surface area contributed by atoms with Crippen molar-refractivity contribution in [2.24, 2.45) is 5.92 Å². The highest BCUT2D eigenvalue weighted by Gasteiger charge is 2.26. The number of amides is 1. The summed E-state index contributed by atoms with van der Waals surface area (Å²) < 4.78 is 11.1. The van der Waals surface area contributed by atoms with Crippen LogP contribution in [0.25, 0.3) is 11.4 Å². The Labute approximate surface area is 201 Å². The molecule has 1 aliphatic heterocycles. The summed E-state index contributed by atoms with van der Waals surface area (Å²) in [5.41, 5.74) is 2.19. The van der Waals surface area contributed by atoms with Crippen LogP contribution in [0.5, 0.6) is 5.75 Å². The molecule has 7 nitrogen and oxygen atoms in total. The number of benzene rings is 2. The second-order valence-corrected chi connectivity index (χ2v) is 9.16. The van der Waals surface area contributed by atoms with Crippen LogP contribution in [-0.2, 0) is 17.8 Å². The Hall–Kier alpha value is -3.19. The summed E-state index contributed by atoms with van der Waals surface area (Å²) in [7, 11) is 0. The lowest BCUT2D eigenvalue weighted by atomic mass is 9.97. The number of hydrogen-bond acceptors (Lipinski definition) is 6. The van der Waals surface area contributed by atoms with E-state index in [0.717, 1.165) is 43.5 Å². The maximum Gasteiger partial charge on any atom is 0.241 e. The molecule has 2 heterocycles. The van der Waals surface area contributed by atoms with Crippen molar-refractivity contribution in [2.75, 3.05) is 19.6 Å². The van der Waals surface area contributed by atoms with E-state index in [2.05, 4.69) is 32.5 Å². The minimum atomic E-state index is -0.00210. The standard InChI is InChI=1S/C27H34N4O3/c1-20(2)33-24-14-12-21(13-15-24)8-6-16-28-27(32)23-11-7-17-31(18-23)19-25-29-26(30-34-25)22-9-4-3-5-10-22/h3-5,9-10,12-15,20,23H,6-8,11,16-19H2,1-2H3,(H,28,32). The topological polar surface area (TPSA) is 80.5 Å². The number of piperidine rings is 1. The predicted octanol–water partition coefficient (Wildman–Crippen LogP) is 4.48. The molecule has 1 aliphatic rings. The molecule has 0 spiro atoms. The van der Waals surface area contributed by atoms with Crippen molar-refractivity contribution >= 4 is 5.91 Å². The first kappa shape index (κ1) is 24.0. The van der Waals surface area contributed by atoms with E-state index >= 15 is 0 Å². The molecule has 1 amide bonds. The van der Waals surface area contributed by atoms with E-state index in [1.807, 2.05) is 56.3 Å². The summed E-state index contributed by atoms with van der Waals surface area (Å²) in [6.45, 7) is 6.95. The lowest BCUT2D eigenvalue weighted by molar-refractivity contribution is -0.126. The number of nitrogens with zero attached hydrogens (tertiary/aromatic N) is 3. The van der Waals surface area contributed by atoms with E-state index in [9.17, 15) is 4.79 Å². The van der Waals surface area contributed by atoms with Crippen LogP contribution in [0.1, 0.15) is 44.6 Å². The first-order valence-corrected chi connectivity index (χ1v) is 12.2. The van der Waals surface area contributed by atoms with Crippen molar-refractivity contribution < 1.29 is 14.1 Å². The molecule has 1 aromatic heterocycles. The summed E-state index contributed by atoms with van der Waals surface area (Å²) in [6, 6.07) is 18.0. The zero-order valence-corrected chi connectivity index (χ0v) is 20.1. The number of aryl methyl sites for hydroxylation is 1. The van der Waals surface area contributed by atoms with Crippen molar-refractivity contribution in [3.8, 4) is 17.1 Å². The Balaban J connectivity index is 1.19. The molecule has 2 aromatic carbocycles. The summed E-state index contributed by atoms with van der Waals surface area (Å²) >= 11 is 0. The van der Waals surface area contributed by atoms with Gasteiger partial charge >= 0.3 is 0 Å². The SMILES string of the molecule is CC(C)Oc1ccc(CCCNC(=O)C2CCCN(Cc3nc(-c4ccccc4)no3)C2)cc1. The minimum Gasteiger partial charge on any atom is -0.491 e. The molecule has 0 saturated carbocycles. The molecule has 4 rings (SSSR count). The van der Waals surface area contributed by atoms with Crippen LogP contribution in [0.2, 0.25) is 0 Å². The van der Waals surface area contributed by atoms with Gasteiger partial charge in [-0.15, -0.1) is 0 Å². The van der Waals surface area contributed by atoms with Crippen molar-refractivity contribution in [3.63, 3.8) is 0 Å². The number of rotatable bonds is 10. The van der Waals surface area contributed by atoms with E-state index in [1.54, 1.807) is 0 Å². The van der Waals surface area contributed by atoms with Crippen LogP contribution in [-0.4, -0.2) is 46.7 Å². The summed E-state index contributed by atoms with van der Waals surface area (Å²) in [6.07, 6.45) is 3.92. The number of carbonyl (C=O) groups excluding carboxylic acids is 1. The van der Waals surface area contributed by atoms with Gasteiger partial charge in [0.2, 0.25) is 17.6 Å². The molecule has 7 heteroatoms. The first-order valence-electron chi connectivity index (χ1n) is 12.2. The molecular formula is C27H34N4O3. The number of aromatic nitrogens is 2.